The van der Waals surface area contributed by atoms with Gasteiger partial charge < -0.3 is 9.55 Å². The summed E-state index contributed by atoms with van der Waals surface area (Å²) in [6.45, 7) is -0.369. The Morgan fingerprint density at radius 3 is 2.48 bits per heavy atom. The van der Waals surface area contributed by atoms with Crippen molar-refractivity contribution in [3.05, 3.63) is 106 Å². The third kappa shape index (κ3) is 4.88. The first-order valence-electron chi connectivity index (χ1n) is 11.6. The number of aromatic nitrogens is 4. The van der Waals surface area contributed by atoms with Crippen molar-refractivity contribution in [1.29, 1.82) is 0 Å². The summed E-state index contributed by atoms with van der Waals surface area (Å²) in [5.74, 6) is -1.92. The number of sulfonamides is 1. The fourth-order valence-electron chi connectivity index (χ4n) is 4.38. The molecule has 0 atom stereocenters. The van der Waals surface area contributed by atoms with Crippen molar-refractivity contribution in [2.24, 2.45) is 7.05 Å². The number of H-pyrrole nitrogens is 1. The Morgan fingerprint density at radius 1 is 1.07 bits per heavy atom. The zero-order valence-electron chi connectivity index (χ0n) is 20.5. The lowest BCUT2D eigenvalue weighted by molar-refractivity contribution is -0.137. The summed E-state index contributed by atoms with van der Waals surface area (Å²) in [5, 5.41) is 3.13. The molecule has 0 bridgehead atoms. The second kappa shape index (κ2) is 9.79. The van der Waals surface area contributed by atoms with Gasteiger partial charge in [-0.25, -0.2) is 9.11 Å². The van der Waals surface area contributed by atoms with E-state index in [-0.39, 0.29) is 34.1 Å². The van der Waals surface area contributed by atoms with Crippen LogP contribution in [0.15, 0.2) is 82.9 Å². The van der Waals surface area contributed by atoms with E-state index in [0.29, 0.717) is 0 Å². The number of nitrogens with zero attached hydrogens (tertiary/aromatic N) is 3. The summed E-state index contributed by atoms with van der Waals surface area (Å²) < 4.78 is 86.1. The van der Waals surface area contributed by atoms with E-state index in [4.69, 9.17) is 0 Å². The zero-order chi connectivity index (χ0) is 28.8. The zero-order valence-corrected chi connectivity index (χ0v) is 21.3. The monoisotopic (exact) mass is 573 g/mol. The van der Waals surface area contributed by atoms with Gasteiger partial charge in [-0.05, 0) is 42.5 Å². The Labute approximate surface area is 223 Å². The highest BCUT2D eigenvalue weighted by molar-refractivity contribution is 7.90. The molecule has 0 unspecified atom stereocenters. The molecule has 0 saturated carbocycles. The number of halogens is 4. The number of hydrogen-bond acceptors (Lipinski definition) is 5. The van der Waals surface area contributed by atoms with Crippen LogP contribution in [0, 0.1) is 5.82 Å². The van der Waals surface area contributed by atoms with E-state index in [1.807, 2.05) is 4.72 Å². The number of nitrogens with one attached hydrogen (secondary N) is 2. The maximum absolute atomic E-state index is 14.7. The van der Waals surface area contributed by atoms with Gasteiger partial charge in [0.15, 0.2) is 5.03 Å². The highest BCUT2D eigenvalue weighted by Gasteiger charge is 2.34. The fraction of sp³-hybridized carbons (Fsp3) is 0.115. The third-order valence-corrected chi connectivity index (χ3v) is 7.39. The summed E-state index contributed by atoms with van der Waals surface area (Å²) in [7, 11) is -3.08. The van der Waals surface area contributed by atoms with Gasteiger partial charge in [-0.3, -0.25) is 14.3 Å². The first-order chi connectivity index (χ1) is 18.9. The van der Waals surface area contributed by atoms with E-state index in [0.717, 1.165) is 30.3 Å². The molecule has 40 heavy (non-hydrogen) atoms. The molecule has 3 heterocycles. The Balaban J connectivity index is 1.83. The molecular weight excluding hydrogens is 554 g/mol. The second-order valence-electron chi connectivity index (χ2n) is 8.81. The molecule has 0 radical (unpaired) electrons. The van der Waals surface area contributed by atoms with Crippen molar-refractivity contribution in [1.82, 2.24) is 24.1 Å². The minimum atomic E-state index is -4.77. The predicted molar refractivity (Wildman–Crippen MR) is 136 cm³/mol. The normalized spacial score (nSPS) is 12.1. The fourth-order valence-corrected chi connectivity index (χ4v) is 5.30. The van der Waals surface area contributed by atoms with Crippen molar-refractivity contribution < 1.29 is 30.8 Å². The van der Waals surface area contributed by atoms with Gasteiger partial charge in [-0.15, -0.1) is 0 Å². The lowest BCUT2D eigenvalue weighted by atomic mass is 10.0. The van der Waals surface area contributed by atoms with Crippen LogP contribution in [0.2, 0.25) is 0 Å². The molecule has 5 rings (SSSR count). The number of pyridine rings is 1. The molecule has 0 aliphatic rings. The summed E-state index contributed by atoms with van der Waals surface area (Å²) in [6, 6.07) is 12.0. The van der Waals surface area contributed by atoms with Crippen molar-refractivity contribution in [2.75, 3.05) is 0 Å². The lowest BCUT2D eigenvalue weighted by Gasteiger charge is -2.13. The number of carbonyl (C=O) groups is 1. The molecular formula is C26H19F4N5O4S. The average Bonchev–Trinajstić information content (AvgIpc) is 3.47. The van der Waals surface area contributed by atoms with Gasteiger partial charge in [-0.1, -0.05) is 18.2 Å². The summed E-state index contributed by atoms with van der Waals surface area (Å²) in [4.78, 5) is 29.0. The van der Waals surface area contributed by atoms with Gasteiger partial charge >= 0.3 is 6.18 Å². The van der Waals surface area contributed by atoms with E-state index in [1.54, 1.807) is 0 Å². The van der Waals surface area contributed by atoms with Crippen LogP contribution in [-0.2, 0) is 29.8 Å². The number of hydrogen-bond donors (Lipinski definition) is 2. The number of benzene rings is 2. The standard InChI is InChI=1S/C26H19F4N5O4S/c1-34-12-10-21(32-34)40(38,39)33-25(37)23-22(17-6-4-11-31-24(17)36)18-13-16(26(28,29)30)8-9-20(18)35(23)14-15-5-2-3-7-19(15)27/h2-13H,14H2,1H3,(H,31,36)(H,33,37). The number of aryl methyl sites for hydroxylation is 1. The minimum absolute atomic E-state index is 0.0369. The summed E-state index contributed by atoms with van der Waals surface area (Å²) >= 11 is 0. The molecule has 14 heteroatoms. The molecule has 0 saturated heterocycles. The number of rotatable bonds is 6. The van der Waals surface area contributed by atoms with Crippen LogP contribution < -0.4 is 10.3 Å². The molecule has 0 fully saturated rings. The highest BCUT2D eigenvalue weighted by atomic mass is 32.2. The van der Waals surface area contributed by atoms with Crippen LogP contribution in [0.25, 0.3) is 22.0 Å². The number of aromatic amines is 1. The quantitative estimate of drug-likeness (QED) is 0.297. The molecule has 0 aliphatic carbocycles. The summed E-state index contributed by atoms with van der Waals surface area (Å²) in [6.07, 6.45) is -2.15. The van der Waals surface area contributed by atoms with Gasteiger partial charge in [0, 0.05) is 47.0 Å². The smallest absolute Gasteiger partial charge is 0.331 e. The van der Waals surface area contributed by atoms with Crippen LogP contribution >= 0.6 is 0 Å². The maximum Gasteiger partial charge on any atom is 0.416 e. The van der Waals surface area contributed by atoms with Crippen molar-refractivity contribution >= 4 is 26.8 Å². The van der Waals surface area contributed by atoms with Gasteiger partial charge in [0.1, 0.15) is 11.5 Å². The van der Waals surface area contributed by atoms with Crippen molar-refractivity contribution in [2.45, 2.75) is 17.7 Å². The molecule has 2 aromatic carbocycles. The molecule has 1 amide bonds. The molecule has 5 aromatic rings. The Kier molecular flexibility index (Phi) is 6.58. The number of alkyl halides is 3. The number of fused-ring (bicyclic) bond motifs is 1. The third-order valence-electron chi connectivity index (χ3n) is 6.17. The first-order valence-corrected chi connectivity index (χ1v) is 13.1. The predicted octanol–water partition coefficient (Wildman–Crippen LogP) is 4.06. The van der Waals surface area contributed by atoms with Crippen LogP contribution in [0.3, 0.4) is 0 Å². The van der Waals surface area contributed by atoms with Gasteiger partial charge in [0.2, 0.25) is 0 Å². The Bertz CT molecular complexity index is 1940. The Hall–Kier alpha value is -4.72. The topological polar surface area (TPSA) is 119 Å². The molecule has 0 aliphatic heterocycles. The van der Waals surface area contributed by atoms with Crippen LogP contribution in [0.5, 0.6) is 0 Å². The SMILES string of the molecule is Cn1ccc(S(=O)(=O)NC(=O)c2c(-c3ccc[nH]c3=O)c3cc(C(F)(F)F)ccc3n2Cc2ccccc2F)n1. The molecule has 206 valence electrons. The van der Waals surface area contributed by atoms with Crippen LogP contribution in [0.4, 0.5) is 17.6 Å². The Morgan fingerprint density at radius 2 is 1.82 bits per heavy atom. The number of amides is 1. The van der Waals surface area contributed by atoms with Crippen molar-refractivity contribution in [3.63, 3.8) is 0 Å². The minimum Gasteiger partial charge on any atom is -0.331 e. The van der Waals surface area contributed by atoms with E-state index in [2.05, 4.69) is 10.1 Å². The second-order valence-corrected chi connectivity index (χ2v) is 10.4. The lowest BCUT2D eigenvalue weighted by Crippen LogP contribution is -2.33. The van der Waals surface area contributed by atoms with Gasteiger partial charge in [-0.2, -0.15) is 26.7 Å². The van der Waals surface area contributed by atoms with Crippen molar-refractivity contribution in [3.8, 4) is 11.1 Å². The largest absolute Gasteiger partial charge is 0.416 e. The molecule has 3 aromatic heterocycles. The maximum atomic E-state index is 14.7. The summed E-state index contributed by atoms with van der Waals surface area (Å²) in [5.41, 5.74) is -2.62. The van der Waals surface area contributed by atoms with Crippen LogP contribution in [-0.4, -0.2) is 33.7 Å². The van der Waals surface area contributed by atoms with E-state index in [1.165, 1.54) is 59.0 Å². The van der Waals surface area contributed by atoms with E-state index < -0.39 is 49.8 Å². The van der Waals surface area contributed by atoms with E-state index >= 15 is 0 Å². The first kappa shape index (κ1) is 26.9. The van der Waals surface area contributed by atoms with Gasteiger partial charge in [0.05, 0.1) is 12.1 Å². The van der Waals surface area contributed by atoms with E-state index in [9.17, 15) is 35.6 Å². The number of carbonyl (C=O) groups excluding carboxylic acids is 1. The molecule has 9 nitrogen and oxygen atoms in total. The van der Waals surface area contributed by atoms with Crippen LogP contribution in [0.1, 0.15) is 21.6 Å². The average molecular weight is 574 g/mol. The molecule has 2 N–H and O–H groups in total. The molecule has 0 spiro atoms. The highest BCUT2D eigenvalue weighted by Crippen LogP contribution is 2.38. The van der Waals surface area contributed by atoms with Gasteiger partial charge in [0.25, 0.3) is 21.5 Å².